The van der Waals surface area contributed by atoms with Gasteiger partial charge in [-0.05, 0) is 61.2 Å². The second-order valence-corrected chi connectivity index (χ2v) is 7.61. The monoisotopic (exact) mass is 392 g/mol. The Kier molecular flexibility index (Phi) is 5.60. The number of benzene rings is 2. The maximum absolute atomic E-state index is 14.2. The maximum Gasteiger partial charge on any atom is 0.251 e. The average molecular weight is 392 g/mol. The summed E-state index contributed by atoms with van der Waals surface area (Å²) in [6.45, 7) is 4.05. The number of carbonyl (C=O) groups excluding carboxylic acids is 1. The normalized spacial score (nSPS) is 16.6. The molecule has 5 nitrogen and oxygen atoms in total. The van der Waals surface area contributed by atoms with Crippen LogP contribution < -0.4 is 10.2 Å². The molecule has 1 saturated heterocycles. The SMILES string of the molecule is Cc1ccc(F)c(N2CCCC(NC(=O)c3ccc(Cn4cccn4)cc3)C2)c1. The van der Waals surface area contributed by atoms with Crippen LogP contribution >= 0.6 is 0 Å². The van der Waals surface area contributed by atoms with E-state index in [0.717, 1.165) is 30.5 Å². The van der Waals surface area contributed by atoms with Crippen molar-refractivity contribution in [2.75, 3.05) is 18.0 Å². The van der Waals surface area contributed by atoms with Gasteiger partial charge in [0.1, 0.15) is 5.82 Å². The van der Waals surface area contributed by atoms with Crippen molar-refractivity contribution >= 4 is 11.6 Å². The first kappa shape index (κ1) is 19.2. The standard InChI is InChI=1S/C23H25FN4O/c1-17-5-10-21(24)22(14-17)27-12-2-4-20(16-27)26-23(29)19-8-6-18(7-9-19)15-28-13-3-11-25-28/h3,5-11,13-14,20H,2,4,12,15-16H2,1H3,(H,26,29). The van der Waals surface area contributed by atoms with Crippen LogP contribution in [0.5, 0.6) is 0 Å². The number of piperidine rings is 1. The number of rotatable bonds is 5. The molecule has 3 aromatic rings. The minimum absolute atomic E-state index is 0.0000805. The third kappa shape index (κ3) is 4.65. The van der Waals surface area contributed by atoms with Crippen molar-refractivity contribution in [2.45, 2.75) is 32.4 Å². The summed E-state index contributed by atoms with van der Waals surface area (Å²) in [5.41, 5.74) is 3.37. The van der Waals surface area contributed by atoms with Gasteiger partial charge in [0.15, 0.2) is 0 Å². The molecule has 0 saturated carbocycles. The number of halogens is 1. The van der Waals surface area contributed by atoms with Gasteiger partial charge in [-0.15, -0.1) is 0 Å². The van der Waals surface area contributed by atoms with Crippen LogP contribution in [0.1, 0.15) is 34.3 Å². The van der Waals surface area contributed by atoms with E-state index in [9.17, 15) is 9.18 Å². The van der Waals surface area contributed by atoms with E-state index in [4.69, 9.17) is 0 Å². The number of hydrogen-bond donors (Lipinski definition) is 1. The van der Waals surface area contributed by atoms with Crippen molar-refractivity contribution in [2.24, 2.45) is 0 Å². The van der Waals surface area contributed by atoms with Crippen LogP contribution in [0.25, 0.3) is 0 Å². The van der Waals surface area contributed by atoms with E-state index < -0.39 is 0 Å². The van der Waals surface area contributed by atoms with E-state index in [1.54, 1.807) is 12.3 Å². The molecule has 1 N–H and O–H groups in total. The second-order valence-electron chi connectivity index (χ2n) is 7.61. The van der Waals surface area contributed by atoms with Gasteiger partial charge in [0.25, 0.3) is 5.91 Å². The van der Waals surface area contributed by atoms with Gasteiger partial charge in [0, 0.05) is 37.1 Å². The van der Waals surface area contributed by atoms with Gasteiger partial charge in [-0.2, -0.15) is 5.10 Å². The summed E-state index contributed by atoms with van der Waals surface area (Å²) in [6, 6.07) is 14.6. The Morgan fingerprint density at radius 3 is 2.83 bits per heavy atom. The molecule has 2 aromatic carbocycles. The highest BCUT2D eigenvalue weighted by atomic mass is 19.1. The minimum Gasteiger partial charge on any atom is -0.367 e. The second kappa shape index (κ2) is 8.47. The Morgan fingerprint density at radius 1 is 1.24 bits per heavy atom. The van der Waals surface area contributed by atoms with Crippen molar-refractivity contribution in [1.82, 2.24) is 15.1 Å². The van der Waals surface area contributed by atoms with Crippen molar-refractivity contribution in [3.63, 3.8) is 0 Å². The molecule has 150 valence electrons. The minimum atomic E-state index is -0.213. The summed E-state index contributed by atoms with van der Waals surface area (Å²) in [4.78, 5) is 14.7. The molecule has 0 spiro atoms. The zero-order chi connectivity index (χ0) is 20.2. The quantitative estimate of drug-likeness (QED) is 0.719. The highest BCUT2D eigenvalue weighted by Gasteiger charge is 2.23. The fourth-order valence-corrected chi connectivity index (χ4v) is 3.79. The van der Waals surface area contributed by atoms with Gasteiger partial charge in [-0.25, -0.2) is 4.39 Å². The molecule has 0 aliphatic carbocycles. The van der Waals surface area contributed by atoms with Crippen LogP contribution in [0.4, 0.5) is 10.1 Å². The summed E-state index contributed by atoms with van der Waals surface area (Å²) >= 11 is 0. The van der Waals surface area contributed by atoms with Crippen molar-refractivity contribution in [3.8, 4) is 0 Å². The zero-order valence-electron chi connectivity index (χ0n) is 16.5. The molecule has 29 heavy (non-hydrogen) atoms. The van der Waals surface area contributed by atoms with E-state index in [-0.39, 0.29) is 17.8 Å². The molecule has 6 heteroatoms. The lowest BCUT2D eigenvalue weighted by Gasteiger charge is -2.35. The van der Waals surface area contributed by atoms with Crippen LogP contribution in [-0.2, 0) is 6.54 Å². The number of nitrogens with one attached hydrogen (secondary N) is 1. The summed E-state index contributed by atoms with van der Waals surface area (Å²) in [5, 5.41) is 7.31. The maximum atomic E-state index is 14.2. The van der Waals surface area contributed by atoms with Crippen molar-refractivity contribution in [1.29, 1.82) is 0 Å². The highest BCUT2D eigenvalue weighted by molar-refractivity contribution is 5.94. The number of hydrogen-bond acceptors (Lipinski definition) is 3. The number of aromatic nitrogens is 2. The molecule has 1 amide bonds. The largest absolute Gasteiger partial charge is 0.367 e. The van der Waals surface area contributed by atoms with Crippen LogP contribution in [0.3, 0.4) is 0 Å². The molecule has 0 bridgehead atoms. The van der Waals surface area contributed by atoms with Crippen LogP contribution in [0.15, 0.2) is 60.9 Å². The number of amides is 1. The molecule has 1 aromatic heterocycles. The van der Waals surface area contributed by atoms with E-state index in [1.807, 2.05) is 59.1 Å². The summed E-state index contributed by atoms with van der Waals surface area (Å²) < 4.78 is 16.1. The van der Waals surface area contributed by atoms with Crippen molar-refractivity contribution in [3.05, 3.63) is 83.4 Å². The van der Waals surface area contributed by atoms with E-state index in [2.05, 4.69) is 10.4 Å². The van der Waals surface area contributed by atoms with Crippen LogP contribution in [-0.4, -0.2) is 34.8 Å². The first-order valence-electron chi connectivity index (χ1n) is 9.97. The zero-order valence-corrected chi connectivity index (χ0v) is 16.5. The molecular weight excluding hydrogens is 367 g/mol. The molecule has 1 aliphatic rings. The van der Waals surface area contributed by atoms with Crippen LogP contribution in [0, 0.1) is 12.7 Å². The van der Waals surface area contributed by atoms with Gasteiger partial charge >= 0.3 is 0 Å². The van der Waals surface area contributed by atoms with Crippen molar-refractivity contribution < 1.29 is 9.18 Å². The molecule has 1 unspecified atom stereocenters. The topological polar surface area (TPSA) is 50.2 Å². The third-order valence-electron chi connectivity index (χ3n) is 5.32. The van der Waals surface area contributed by atoms with E-state index >= 15 is 0 Å². The van der Waals surface area contributed by atoms with Crippen LogP contribution in [0.2, 0.25) is 0 Å². The molecule has 1 atom stereocenters. The van der Waals surface area contributed by atoms with Gasteiger partial charge in [-0.3, -0.25) is 9.48 Å². The predicted octanol–water partition coefficient (Wildman–Crippen LogP) is 3.78. The summed E-state index contributed by atoms with van der Waals surface area (Å²) in [6.07, 6.45) is 5.47. The lowest BCUT2D eigenvalue weighted by Crippen LogP contribution is -2.48. The number of nitrogens with zero attached hydrogens (tertiary/aromatic N) is 3. The third-order valence-corrected chi connectivity index (χ3v) is 5.32. The van der Waals surface area contributed by atoms with E-state index in [1.165, 1.54) is 6.07 Å². The Bertz CT molecular complexity index is 969. The average Bonchev–Trinajstić information content (AvgIpc) is 3.23. The summed E-state index contributed by atoms with van der Waals surface area (Å²) in [5.74, 6) is -0.303. The molecular formula is C23H25FN4O. The Hall–Kier alpha value is -3.15. The lowest BCUT2D eigenvalue weighted by atomic mass is 10.0. The van der Waals surface area contributed by atoms with Gasteiger partial charge in [-0.1, -0.05) is 18.2 Å². The lowest BCUT2D eigenvalue weighted by molar-refractivity contribution is 0.0933. The Balaban J connectivity index is 1.38. The molecule has 0 radical (unpaired) electrons. The van der Waals surface area contributed by atoms with Gasteiger partial charge < -0.3 is 10.2 Å². The smallest absolute Gasteiger partial charge is 0.251 e. The first-order valence-corrected chi connectivity index (χ1v) is 9.97. The van der Waals surface area contributed by atoms with Gasteiger partial charge in [0.2, 0.25) is 0 Å². The molecule has 1 aliphatic heterocycles. The summed E-state index contributed by atoms with van der Waals surface area (Å²) in [7, 11) is 0. The molecule has 1 fully saturated rings. The van der Waals surface area contributed by atoms with E-state index in [0.29, 0.717) is 24.3 Å². The predicted molar refractivity (Wildman–Crippen MR) is 112 cm³/mol. The fraction of sp³-hybridized carbons (Fsp3) is 0.304. The number of anilines is 1. The van der Waals surface area contributed by atoms with Gasteiger partial charge in [0.05, 0.1) is 12.2 Å². The number of carbonyl (C=O) groups is 1. The first-order chi connectivity index (χ1) is 14.1. The molecule has 4 rings (SSSR count). The number of aryl methyl sites for hydroxylation is 1. The Labute approximate surface area is 170 Å². The fourth-order valence-electron chi connectivity index (χ4n) is 3.79. The molecule has 2 heterocycles. The Morgan fingerprint density at radius 2 is 2.07 bits per heavy atom. The highest BCUT2D eigenvalue weighted by Crippen LogP contribution is 2.24.